The maximum absolute atomic E-state index is 13.3. The fourth-order valence-electron chi connectivity index (χ4n) is 3.95. The van der Waals surface area contributed by atoms with E-state index >= 15 is 0 Å². The van der Waals surface area contributed by atoms with Gasteiger partial charge in [0.05, 0.1) is 25.4 Å². The van der Waals surface area contributed by atoms with Gasteiger partial charge < -0.3 is 14.4 Å². The second kappa shape index (κ2) is 8.30. The Morgan fingerprint density at radius 3 is 2.56 bits per heavy atom. The van der Waals surface area contributed by atoms with E-state index in [1.54, 1.807) is 18.1 Å². The van der Waals surface area contributed by atoms with E-state index in [0.717, 1.165) is 35.7 Å². The molecule has 1 heterocycles. The average Bonchev–Trinajstić information content (AvgIpc) is 2.92. The molecule has 1 saturated carbocycles. The van der Waals surface area contributed by atoms with Gasteiger partial charge in [0, 0.05) is 21.8 Å². The van der Waals surface area contributed by atoms with E-state index in [1.807, 2.05) is 25.1 Å². The topological polar surface area (TPSA) is 55.8 Å². The van der Waals surface area contributed by atoms with Crippen molar-refractivity contribution in [1.29, 1.82) is 0 Å². The van der Waals surface area contributed by atoms with Crippen molar-refractivity contribution in [2.45, 2.75) is 45.1 Å². The van der Waals surface area contributed by atoms with Crippen molar-refractivity contribution < 1.29 is 19.1 Å². The number of methoxy groups -OCH3 is 2. The number of hydrogen-bond acceptors (Lipinski definition) is 4. The van der Waals surface area contributed by atoms with Gasteiger partial charge in [0.25, 0.3) is 5.91 Å². The van der Waals surface area contributed by atoms with Gasteiger partial charge in [0.15, 0.2) is 0 Å². The number of carbonyl (C=O) groups is 2. The van der Waals surface area contributed by atoms with Crippen LogP contribution >= 0.6 is 15.9 Å². The zero-order valence-electron chi connectivity index (χ0n) is 15.9. The number of allylic oxidation sites excluding steroid dienone is 1. The van der Waals surface area contributed by atoms with Crippen LogP contribution in [0.2, 0.25) is 0 Å². The molecule has 1 aromatic rings. The third-order valence-corrected chi connectivity index (χ3v) is 5.76. The van der Waals surface area contributed by atoms with Crippen LogP contribution in [0.25, 0.3) is 6.08 Å². The lowest BCUT2D eigenvalue weighted by atomic mass is 9.94. The van der Waals surface area contributed by atoms with Gasteiger partial charge in [0.1, 0.15) is 5.75 Å². The fourth-order valence-corrected chi connectivity index (χ4v) is 4.33. The lowest BCUT2D eigenvalue weighted by Crippen LogP contribution is -2.37. The number of halogens is 1. The molecule has 0 radical (unpaired) electrons. The fraction of sp³-hybridized carbons (Fsp3) is 0.429. The number of ether oxygens (including phenoxy) is 2. The highest BCUT2D eigenvalue weighted by atomic mass is 79.9. The molecule has 1 amide bonds. The third-order valence-electron chi connectivity index (χ3n) is 5.26. The van der Waals surface area contributed by atoms with Gasteiger partial charge in [-0.2, -0.15) is 0 Å². The molecule has 144 valence electrons. The number of esters is 1. The number of nitrogens with zero attached hydrogens (tertiary/aromatic N) is 1. The standard InChI is InChI=1S/C21H24BrNO4/c1-13-19(21(25)27-3)17(12-14-11-15(22)9-10-18(14)26-2)20(24)23(13)16-7-5-4-6-8-16/h9-12,16H,4-8H2,1-3H3/b17-12-. The summed E-state index contributed by atoms with van der Waals surface area (Å²) in [6.07, 6.45) is 7.06. The molecule has 27 heavy (non-hydrogen) atoms. The van der Waals surface area contributed by atoms with Crippen molar-refractivity contribution in [3.8, 4) is 5.75 Å². The zero-order chi connectivity index (χ0) is 19.6. The van der Waals surface area contributed by atoms with E-state index in [2.05, 4.69) is 15.9 Å². The maximum Gasteiger partial charge on any atom is 0.340 e. The molecule has 5 nitrogen and oxygen atoms in total. The van der Waals surface area contributed by atoms with Crippen molar-refractivity contribution in [2.75, 3.05) is 14.2 Å². The highest BCUT2D eigenvalue weighted by molar-refractivity contribution is 9.10. The molecule has 0 spiro atoms. The SMILES string of the molecule is COC(=O)C1=C(C)N(C2CCCCC2)C(=O)/C1=C\c1cc(Br)ccc1OC. The van der Waals surface area contributed by atoms with Gasteiger partial charge in [-0.05, 0) is 44.0 Å². The van der Waals surface area contributed by atoms with Gasteiger partial charge in [-0.1, -0.05) is 35.2 Å². The van der Waals surface area contributed by atoms with E-state index in [9.17, 15) is 9.59 Å². The van der Waals surface area contributed by atoms with Crippen molar-refractivity contribution in [3.63, 3.8) is 0 Å². The summed E-state index contributed by atoms with van der Waals surface area (Å²) in [5.41, 5.74) is 2.12. The van der Waals surface area contributed by atoms with E-state index in [4.69, 9.17) is 9.47 Å². The smallest absolute Gasteiger partial charge is 0.340 e. The highest BCUT2D eigenvalue weighted by Gasteiger charge is 2.40. The zero-order valence-corrected chi connectivity index (χ0v) is 17.5. The van der Waals surface area contributed by atoms with Crippen molar-refractivity contribution in [3.05, 3.63) is 45.1 Å². The summed E-state index contributed by atoms with van der Waals surface area (Å²) in [5.74, 6) is 0.0117. The Labute approximate surface area is 168 Å². The predicted molar refractivity (Wildman–Crippen MR) is 107 cm³/mol. The molecule has 1 aliphatic heterocycles. The van der Waals surface area contributed by atoms with Crippen LogP contribution < -0.4 is 4.74 Å². The molecule has 1 aromatic carbocycles. The van der Waals surface area contributed by atoms with Gasteiger partial charge >= 0.3 is 5.97 Å². The minimum absolute atomic E-state index is 0.137. The van der Waals surface area contributed by atoms with E-state index in [-0.39, 0.29) is 11.9 Å². The molecule has 1 aliphatic carbocycles. The first-order chi connectivity index (χ1) is 13.0. The summed E-state index contributed by atoms with van der Waals surface area (Å²) < 4.78 is 11.3. The van der Waals surface area contributed by atoms with Crippen molar-refractivity contribution in [2.24, 2.45) is 0 Å². The molecule has 2 aliphatic rings. The molecule has 1 fully saturated rings. The molecular weight excluding hydrogens is 410 g/mol. The van der Waals surface area contributed by atoms with Gasteiger partial charge in [-0.15, -0.1) is 0 Å². The summed E-state index contributed by atoms with van der Waals surface area (Å²) in [5, 5.41) is 0. The summed E-state index contributed by atoms with van der Waals surface area (Å²) in [6, 6.07) is 5.70. The monoisotopic (exact) mass is 433 g/mol. The van der Waals surface area contributed by atoms with E-state index in [0.29, 0.717) is 22.6 Å². The molecule has 0 N–H and O–H groups in total. The first-order valence-corrected chi connectivity index (χ1v) is 9.95. The Bertz CT molecular complexity index is 821. The minimum atomic E-state index is -0.487. The lowest BCUT2D eigenvalue weighted by molar-refractivity contribution is -0.136. The van der Waals surface area contributed by atoms with Gasteiger partial charge in [0.2, 0.25) is 0 Å². The Morgan fingerprint density at radius 1 is 1.22 bits per heavy atom. The Kier molecular flexibility index (Phi) is 6.05. The van der Waals surface area contributed by atoms with Crippen LogP contribution in [-0.4, -0.2) is 37.0 Å². The van der Waals surface area contributed by atoms with Crippen LogP contribution in [0.5, 0.6) is 5.75 Å². The second-order valence-electron chi connectivity index (χ2n) is 6.86. The third kappa shape index (κ3) is 3.81. The number of hydrogen-bond donors (Lipinski definition) is 0. The van der Waals surface area contributed by atoms with Crippen LogP contribution in [0.4, 0.5) is 0 Å². The molecule has 0 unspecified atom stereocenters. The second-order valence-corrected chi connectivity index (χ2v) is 7.78. The summed E-state index contributed by atoms with van der Waals surface area (Å²) in [7, 11) is 2.92. The molecule has 0 saturated heterocycles. The van der Waals surface area contributed by atoms with Crippen LogP contribution in [0, 0.1) is 0 Å². The largest absolute Gasteiger partial charge is 0.496 e. The summed E-state index contributed by atoms with van der Waals surface area (Å²) in [6.45, 7) is 1.83. The quantitative estimate of drug-likeness (QED) is 0.519. The maximum atomic E-state index is 13.3. The van der Waals surface area contributed by atoms with Crippen LogP contribution in [0.15, 0.2) is 39.5 Å². The molecular formula is C21H24BrNO4. The number of rotatable bonds is 4. The molecule has 0 atom stereocenters. The highest BCUT2D eigenvalue weighted by Crippen LogP contribution is 2.38. The minimum Gasteiger partial charge on any atom is -0.496 e. The summed E-state index contributed by atoms with van der Waals surface area (Å²) >= 11 is 3.45. The average molecular weight is 434 g/mol. The normalized spacial score (nSPS) is 19.8. The summed E-state index contributed by atoms with van der Waals surface area (Å²) in [4.78, 5) is 27.6. The van der Waals surface area contributed by atoms with Crippen LogP contribution in [-0.2, 0) is 14.3 Å². The van der Waals surface area contributed by atoms with Gasteiger partial charge in [-0.25, -0.2) is 4.79 Å². The van der Waals surface area contributed by atoms with Crippen molar-refractivity contribution in [1.82, 2.24) is 4.90 Å². The predicted octanol–water partition coefficient (Wildman–Crippen LogP) is 4.46. The van der Waals surface area contributed by atoms with Crippen LogP contribution in [0.3, 0.4) is 0 Å². The molecule has 6 heteroatoms. The molecule has 3 rings (SSSR count). The molecule has 0 aromatic heterocycles. The number of carbonyl (C=O) groups excluding carboxylic acids is 2. The van der Waals surface area contributed by atoms with Gasteiger partial charge in [-0.3, -0.25) is 4.79 Å². The van der Waals surface area contributed by atoms with Crippen LogP contribution in [0.1, 0.15) is 44.6 Å². The number of amides is 1. The Balaban J connectivity index is 2.09. The van der Waals surface area contributed by atoms with Crippen molar-refractivity contribution >= 4 is 33.9 Å². The first kappa shape index (κ1) is 19.7. The first-order valence-electron chi connectivity index (χ1n) is 9.16. The van der Waals surface area contributed by atoms with E-state index in [1.165, 1.54) is 13.5 Å². The number of benzene rings is 1. The Hall–Kier alpha value is -2.08. The Morgan fingerprint density at radius 2 is 1.93 bits per heavy atom. The van der Waals surface area contributed by atoms with E-state index < -0.39 is 5.97 Å². The molecule has 0 bridgehead atoms. The lowest BCUT2D eigenvalue weighted by Gasteiger charge is -2.32.